The van der Waals surface area contributed by atoms with E-state index in [0.29, 0.717) is 6.42 Å². The van der Waals surface area contributed by atoms with Gasteiger partial charge in [-0.2, -0.15) is 0 Å². The van der Waals surface area contributed by atoms with E-state index < -0.39 is 0 Å². The molecule has 3 rings (SSSR count). The number of aryl methyl sites for hydroxylation is 1. The molecule has 2 aromatic rings. The first-order chi connectivity index (χ1) is 12.6. The molecular formula is C22H26N2O2. The Morgan fingerprint density at radius 2 is 1.96 bits per heavy atom. The third-order valence-corrected chi connectivity index (χ3v) is 4.92. The molecule has 1 aliphatic rings. The number of hydrogen-bond donors (Lipinski definition) is 1. The monoisotopic (exact) mass is 350 g/mol. The second-order valence-corrected chi connectivity index (χ2v) is 6.89. The second-order valence-electron chi connectivity index (χ2n) is 6.89. The highest BCUT2D eigenvalue weighted by molar-refractivity contribution is 5.98. The summed E-state index contributed by atoms with van der Waals surface area (Å²) in [6.45, 7) is 4.85. The topological polar surface area (TPSA) is 49.4 Å². The van der Waals surface area contributed by atoms with Crippen molar-refractivity contribution in [3.05, 3.63) is 59.7 Å². The van der Waals surface area contributed by atoms with E-state index in [9.17, 15) is 9.59 Å². The lowest BCUT2D eigenvalue weighted by atomic mass is 9.93. The Morgan fingerprint density at radius 3 is 2.58 bits per heavy atom. The number of nitrogens with one attached hydrogen (secondary N) is 1. The normalized spacial score (nSPS) is 15.2. The van der Waals surface area contributed by atoms with Gasteiger partial charge in [-0.1, -0.05) is 43.7 Å². The summed E-state index contributed by atoms with van der Waals surface area (Å²) in [5, 5.41) is 3.05. The zero-order chi connectivity index (χ0) is 18.5. The molecule has 1 N–H and O–H groups in total. The van der Waals surface area contributed by atoms with Gasteiger partial charge >= 0.3 is 0 Å². The number of hydrogen-bond acceptors (Lipinski definition) is 2. The van der Waals surface area contributed by atoms with Crippen molar-refractivity contribution in [1.29, 1.82) is 0 Å². The van der Waals surface area contributed by atoms with Crippen LogP contribution in [0.15, 0.2) is 48.5 Å². The fourth-order valence-corrected chi connectivity index (χ4v) is 3.59. The van der Waals surface area contributed by atoms with Gasteiger partial charge in [0.15, 0.2) is 0 Å². The molecule has 0 radical (unpaired) electrons. The number of carbonyl (C=O) groups is 2. The van der Waals surface area contributed by atoms with Crippen LogP contribution < -0.4 is 10.2 Å². The fourth-order valence-electron chi connectivity index (χ4n) is 3.59. The van der Waals surface area contributed by atoms with Crippen molar-refractivity contribution in [2.45, 2.75) is 45.4 Å². The number of rotatable bonds is 6. The van der Waals surface area contributed by atoms with E-state index in [2.05, 4.69) is 12.2 Å². The average molecular weight is 350 g/mol. The predicted molar refractivity (Wildman–Crippen MR) is 105 cm³/mol. The van der Waals surface area contributed by atoms with Crippen molar-refractivity contribution < 1.29 is 9.59 Å². The summed E-state index contributed by atoms with van der Waals surface area (Å²) in [7, 11) is 0. The number of carbonyl (C=O) groups excluding carboxylic acids is 2. The van der Waals surface area contributed by atoms with Crippen molar-refractivity contribution in [2.24, 2.45) is 0 Å². The number of benzene rings is 2. The summed E-state index contributed by atoms with van der Waals surface area (Å²) in [4.78, 5) is 26.6. The van der Waals surface area contributed by atoms with E-state index in [1.54, 1.807) is 0 Å². The third kappa shape index (κ3) is 3.96. The summed E-state index contributed by atoms with van der Waals surface area (Å²) in [5.41, 5.74) is 3.77. The number of nitrogens with zero attached hydrogens (tertiary/aromatic N) is 1. The molecule has 0 aromatic heterocycles. The fraction of sp³-hybridized carbons (Fsp3) is 0.364. The van der Waals surface area contributed by atoms with Crippen LogP contribution in [0.25, 0.3) is 0 Å². The molecule has 136 valence electrons. The highest BCUT2D eigenvalue weighted by Crippen LogP contribution is 2.29. The highest BCUT2D eigenvalue weighted by atomic mass is 16.2. The maximum absolute atomic E-state index is 12.8. The summed E-state index contributed by atoms with van der Waals surface area (Å²) in [6.07, 6.45) is 3.29. The molecule has 26 heavy (non-hydrogen) atoms. The first kappa shape index (κ1) is 18.2. The molecule has 1 saturated heterocycles. The lowest BCUT2D eigenvalue weighted by Crippen LogP contribution is -2.25. The Bertz CT molecular complexity index is 786. The second kappa shape index (κ2) is 8.17. The molecule has 4 nitrogen and oxygen atoms in total. The van der Waals surface area contributed by atoms with Gasteiger partial charge in [0.25, 0.3) is 0 Å². The zero-order valence-corrected chi connectivity index (χ0v) is 15.5. The van der Waals surface area contributed by atoms with Gasteiger partial charge in [-0.15, -0.1) is 0 Å². The van der Waals surface area contributed by atoms with Crippen LogP contribution in [0.1, 0.15) is 49.7 Å². The lowest BCUT2D eigenvalue weighted by Gasteiger charge is -2.20. The van der Waals surface area contributed by atoms with Gasteiger partial charge in [0, 0.05) is 24.3 Å². The Hall–Kier alpha value is -2.62. The van der Waals surface area contributed by atoms with Crippen LogP contribution in [0.4, 0.5) is 11.4 Å². The molecule has 0 bridgehead atoms. The molecule has 0 spiro atoms. The van der Waals surface area contributed by atoms with Crippen LogP contribution in [0.3, 0.4) is 0 Å². The maximum atomic E-state index is 12.8. The summed E-state index contributed by atoms with van der Waals surface area (Å²) in [6, 6.07) is 15.7. The Labute approximate surface area is 155 Å². The van der Waals surface area contributed by atoms with Crippen LogP contribution in [-0.4, -0.2) is 18.4 Å². The number of amides is 2. The van der Waals surface area contributed by atoms with Gasteiger partial charge in [-0.25, -0.2) is 0 Å². The van der Waals surface area contributed by atoms with Crippen molar-refractivity contribution in [3.8, 4) is 0 Å². The smallest absolute Gasteiger partial charge is 0.231 e. The molecule has 0 aliphatic carbocycles. The quantitative estimate of drug-likeness (QED) is 0.825. The first-order valence-electron chi connectivity index (χ1n) is 9.37. The molecule has 0 unspecified atom stereocenters. The standard InChI is InChI=1S/C22H26N2O2/c1-3-8-19(17-9-5-4-6-10-17)22(26)23-18-12-13-20(16(2)15-18)24-14-7-11-21(24)25/h4-6,9-10,12-13,15,19H,3,7-8,11,14H2,1-2H3,(H,23,26)/t19-/m0/s1. The molecular weight excluding hydrogens is 324 g/mol. The van der Waals surface area contributed by atoms with Crippen molar-refractivity contribution >= 4 is 23.2 Å². The molecule has 1 fully saturated rings. The van der Waals surface area contributed by atoms with Gasteiger partial charge in [-0.05, 0) is 49.1 Å². The highest BCUT2D eigenvalue weighted by Gasteiger charge is 2.24. The third-order valence-electron chi connectivity index (χ3n) is 4.92. The van der Waals surface area contributed by atoms with Crippen molar-refractivity contribution in [1.82, 2.24) is 0 Å². The summed E-state index contributed by atoms with van der Waals surface area (Å²) >= 11 is 0. The Kier molecular flexibility index (Phi) is 5.71. The molecule has 1 aliphatic heterocycles. The molecule has 1 heterocycles. The van der Waals surface area contributed by atoms with Gasteiger partial charge in [0.05, 0.1) is 5.92 Å². The van der Waals surface area contributed by atoms with E-state index in [0.717, 1.165) is 48.3 Å². The van der Waals surface area contributed by atoms with E-state index in [-0.39, 0.29) is 17.7 Å². The molecule has 2 amide bonds. The van der Waals surface area contributed by atoms with E-state index in [1.807, 2.05) is 60.4 Å². The molecule has 2 aromatic carbocycles. The van der Waals surface area contributed by atoms with Crippen LogP contribution in [0, 0.1) is 6.92 Å². The largest absolute Gasteiger partial charge is 0.326 e. The minimum absolute atomic E-state index is 0.0162. The lowest BCUT2D eigenvalue weighted by molar-refractivity contribution is -0.118. The summed E-state index contributed by atoms with van der Waals surface area (Å²) < 4.78 is 0. The minimum atomic E-state index is -0.152. The minimum Gasteiger partial charge on any atom is -0.326 e. The molecule has 1 atom stereocenters. The van der Waals surface area contributed by atoms with E-state index >= 15 is 0 Å². The molecule has 0 saturated carbocycles. The Morgan fingerprint density at radius 1 is 1.19 bits per heavy atom. The van der Waals surface area contributed by atoms with Crippen LogP contribution >= 0.6 is 0 Å². The summed E-state index contributed by atoms with van der Waals surface area (Å²) in [5.74, 6) is 0.0424. The van der Waals surface area contributed by atoms with E-state index in [1.165, 1.54) is 0 Å². The van der Waals surface area contributed by atoms with Gasteiger partial charge in [0.1, 0.15) is 0 Å². The zero-order valence-electron chi connectivity index (χ0n) is 15.5. The number of anilines is 2. The van der Waals surface area contributed by atoms with Crippen LogP contribution in [0.2, 0.25) is 0 Å². The van der Waals surface area contributed by atoms with Crippen LogP contribution in [-0.2, 0) is 9.59 Å². The predicted octanol–water partition coefficient (Wildman–Crippen LogP) is 4.64. The average Bonchev–Trinajstić information content (AvgIpc) is 3.06. The van der Waals surface area contributed by atoms with Crippen molar-refractivity contribution in [3.63, 3.8) is 0 Å². The van der Waals surface area contributed by atoms with Gasteiger partial charge < -0.3 is 10.2 Å². The van der Waals surface area contributed by atoms with Gasteiger partial charge in [0.2, 0.25) is 11.8 Å². The molecule has 4 heteroatoms. The first-order valence-corrected chi connectivity index (χ1v) is 9.37. The van der Waals surface area contributed by atoms with Gasteiger partial charge in [-0.3, -0.25) is 9.59 Å². The van der Waals surface area contributed by atoms with Crippen molar-refractivity contribution in [2.75, 3.05) is 16.8 Å². The maximum Gasteiger partial charge on any atom is 0.231 e. The van der Waals surface area contributed by atoms with Crippen LogP contribution in [0.5, 0.6) is 0 Å². The van der Waals surface area contributed by atoms with E-state index in [4.69, 9.17) is 0 Å². The SMILES string of the molecule is CCC[C@H](C(=O)Nc1ccc(N2CCCC2=O)c(C)c1)c1ccccc1. The Balaban J connectivity index is 1.76.